The van der Waals surface area contributed by atoms with Crippen LogP contribution >= 0.6 is 0 Å². The highest BCUT2D eigenvalue weighted by Crippen LogP contribution is 2.20. The molecule has 0 spiro atoms. The van der Waals surface area contributed by atoms with Gasteiger partial charge in [0, 0.05) is 13.0 Å². The van der Waals surface area contributed by atoms with Crippen molar-refractivity contribution in [1.29, 1.82) is 0 Å². The van der Waals surface area contributed by atoms with Crippen molar-refractivity contribution in [3.8, 4) is 5.75 Å². The number of aliphatic hydroxyl groups excluding tert-OH is 1. The summed E-state index contributed by atoms with van der Waals surface area (Å²) in [6, 6.07) is 1.77. The summed E-state index contributed by atoms with van der Waals surface area (Å²) in [5.41, 5.74) is 6.41. The lowest BCUT2D eigenvalue weighted by atomic mass is 9.98. The number of aromatic hydroxyl groups is 1. The summed E-state index contributed by atoms with van der Waals surface area (Å²) in [5.74, 6) is -3.27. The fourth-order valence-corrected chi connectivity index (χ4v) is 3.98. The first-order valence-electron chi connectivity index (χ1n) is 11.8. The molecule has 0 bridgehead atoms. The largest absolute Gasteiger partial charge is 0.508 e. The number of hydrogen-bond donors (Lipinski definition) is 6. The van der Waals surface area contributed by atoms with Crippen LogP contribution in [0.3, 0.4) is 0 Å². The van der Waals surface area contributed by atoms with Gasteiger partial charge in [-0.2, -0.15) is 0 Å². The molecule has 3 amide bonds. The molecule has 0 saturated carbocycles. The van der Waals surface area contributed by atoms with Gasteiger partial charge in [0.2, 0.25) is 17.7 Å². The van der Waals surface area contributed by atoms with Crippen LogP contribution in [0.1, 0.15) is 45.6 Å². The number of benzene rings is 1. The van der Waals surface area contributed by atoms with Crippen molar-refractivity contribution < 1.29 is 34.5 Å². The monoisotopic (exact) mass is 492 g/mol. The van der Waals surface area contributed by atoms with Gasteiger partial charge in [-0.1, -0.05) is 32.4 Å². The third-order valence-electron chi connectivity index (χ3n) is 6.43. The van der Waals surface area contributed by atoms with Crippen LogP contribution in [-0.4, -0.2) is 80.7 Å². The van der Waals surface area contributed by atoms with E-state index in [9.17, 15) is 34.5 Å². The Labute approximate surface area is 204 Å². The third-order valence-corrected chi connectivity index (χ3v) is 6.43. The van der Waals surface area contributed by atoms with Crippen LogP contribution in [0.15, 0.2) is 24.3 Å². The number of likely N-dealkylation sites (tertiary alicyclic amines) is 1. The van der Waals surface area contributed by atoms with Crippen molar-refractivity contribution >= 4 is 23.7 Å². The Kier molecular flexibility index (Phi) is 10.0. The number of nitrogens with one attached hydrogen (secondary N) is 2. The molecule has 2 rings (SSSR count). The Morgan fingerprint density at radius 2 is 1.77 bits per heavy atom. The minimum Gasteiger partial charge on any atom is -0.508 e. The van der Waals surface area contributed by atoms with E-state index >= 15 is 0 Å². The van der Waals surface area contributed by atoms with Crippen LogP contribution in [-0.2, 0) is 25.6 Å². The number of phenols is 1. The highest BCUT2D eigenvalue weighted by Gasteiger charge is 2.39. The average molecular weight is 493 g/mol. The molecule has 1 heterocycles. The van der Waals surface area contributed by atoms with Crippen LogP contribution in [0, 0.1) is 5.92 Å². The second-order valence-corrected chi connectivity index (χ2v) is 9.10. The quantitative estimate of drug-likeness (QED) is 0.244. The lowest BCUT2D eigenvalue weighted by molar-refractivity contribution is -0.144. The molecule has 0 radical (unpaired) electrons. The van der Waals surface area contributed by atoms with Gasteiger partial charge in [-0.15, -0.1) is 0 Å². The maximum Gasteiger partial charge on any atom is 0.326 e. The van der Waals surface area contributed by atoms with Gasteiger partial charge in [-0.3, -0.25) is 14.4 Å². The average Bonchev–Trinajstić information content (AvgIpc) is 3.31. The van der Waals surface area contributed by atoms with Crippen LogP contribution in [0.2, 0.25) is 0 Å². The van der Waals surface area contributed by atoms with Gasteiger partial charge >= 0.3 is 5.97 Å². The van der Waals surface area contributed by atoms with Gasteiger partial charge in [-0.05, 0) is 43.4 Å². The molecule has 1 aromatic carbocycles. The maximum absolute atomic E-state index is 13.2. The normalized spacial score (nSPS) is 19.8. The molecule has 1 fully saturated rings. The Morgan fingerprint density at radius 1 is 1.14 bits per heavy atom. The molecule has 1 aromatic rings. The number of rotatable bonds is 11. The van der Waals surface area contributed by atoms with E-state index in [4.69, 9.17) is 5.73 Å². The number of nitrogens with zero attached hydrogens (tertiary/aromatic N) is 1. The Morgan fingerprint density at radius 3 is 2.31 bits per heavy atom. The number of carboxylic acid groups (broad SMARTS) is 1. The molecule has 0 aliphatic carbocycles. The molecule has 6 atom stereocenters. The van der Waals surface area contributed by atoms with Crippen LogP contribution in [0.4, 0.5) is 0 Å². The molecule has 1 aliphatic rings. The van der Waals surface area contributed by atoms with Crippen LogP contribution in [0.25, 0.3) is 0 Å². The zero-order valence-electron chi connectivity index (χ0n) is 20.3. The van der Waals surface area contributed by atoms with Crippen molar-refractivity contribution in [3.63, 3.8) is 0 Å². The Balaban J connectivity index is 2.24. The predicted molar refractivity (Wildman–Crippen MR) is 127 cm³/mol. The zero-order chi connectivity index (χ0) is 26.3. The van der Waals surface area contributed by atoms with E-state index in [1.54, 1.807) is 19.1 Å². The summed E-state index contributed by atoms with van der Waals surface area (Å²) in [5, 5.41) is 34.0. The minimum atomic E-state index is -1.18. The highest BCUT2D eigenvalue weighted by atomic mass is 16.4. The zero-order valence-corrected chi connectivity index (χ0v) is 20.3. The number of nitrogens with two attached hydrogens (primary N) is 1. The lowest BCUT2D eigenvalue weighted by Gasteiger charge is -2.29. The minimum absolute atomic E-state index is 0.0380. The summed E-state index contributed by atoms with van der Waals surface area (Å²) >= 11 is 0. The standard InChI is InChI=1S/C24H36N4O7/c1-4-13(2)20(24(34)35)27-21(31)17(12-15-7-9-16(30)10-8-15)26-22(32)18-6-5-11-28(18)23(33)19(25)14(3)29/h7-10,13-14,17-20,29-30H,4-6,11-12,25H2,1-3H3,(H,26,32)(H,27,31)(H,34,35). The van der Waals surface area contributed by atoms with Gasteiger partial charge in [-0.25, -0.2) is 4.79 Å². The number of phenolic OH excluding ortho intramolecular Hbond substituents is 1. The van der Waals surface area contributed by atoms with Crippen molar-refractivity contribution in [3.05, 3.63) is 29.8 Å². The second kappa shape index (κ2) is 12.5. The number of aliphatic hydroxyl groups is 1. The molecule has 194 valence electrons. The molecule has 11 nitrogen and oxygen atoms in total. The molecule has 1 saturated heterocycles. The SMILES string of the molecule is CCC(C)C(NC(=O)C(Cc1ccc(O)cc1)NC(=O)C1CCCN1C(=O)C(N)C(C)O)C(=O)O. The molecule has 1 aliphatic heterocycles. The van der Waals surface area contributed by atoms with Crippen LogP contribution < -0.4 is 16.4 Å². The first kappa shape index (κ1) is 28.1. The van der Waals surface area contributed by atoms with E-state index in [-0.39, 0.29) is 18.1 Å². The Hall–Kier alpha value is -3.18. The van der Waals surface area contributed by atoms with Gasteiger partial charge in [0.25, 0.3) is 0 Å². The smallest absolute Gasteiger partial charge is 0.326 e. The van der Waals surface area contributed by atoms with E-state index in [0.717, 1.165) is 0 Å². The van der Waals surface area contributed by atoms with E-state index in [1.807, 2.05) is 6.92 Å². The van der Waals surface area contributed by atoms with Crippen molar-refractivity contribution in [2.24, 2.45) is 11.7 Å². The molecule has 35 heavy (non-hydrogen) atoms. The van der Waals surface area contributed by atoms with E-state index < -0.39 is 54.0 Å². The van der Waals surface area contributed by atoms with Gasteiger partial charge < -0.3 is 36.6 Å². The molecule has 11 heteroatoms. The van der Waals surface area contributed by atoms with Crippen molar-refractivity contribution in [2.75, 3.05) is 6.54 Å². The lowest BCUT2D eigenvalue weighted by Crippen LogP contribution is -2.58. The first-order valence-corrected chi connectivity index (χ1v) is 11.8. The summed E-state index contributed by atoms with van der Waals surface area (Å²) < 4.78 is 0. The van der Waals surface area contributed by atoms with Gasteiger partial charge in [0.1, 0.15) is 29.9 Å². The Bertz CT molecular complexity index is 906. The van der Waals surface area contributed by atoms with Crippen molar-refractivity contribution in [2.45, 2.75) is 76.7 Å². The highest BCUT2D eigenvalue weighted by molar-refractivity contribution is 5.94. The van der Waals surface area contributed by atoms with E-state index in [1.165, 1.54) is 24.0 Å². The number of hydrogen-bond acceptors (Lipinski definition) is 7. The van der Waals surface area contributed by atoms with E-state index in [0.29, 0.717) is 31.4 Å². The number of carboxylic acids is 1. The fourth-order valence-electron chi connectivity index (χ4n) is 3.98. The first-order chi connectivity index (χ1) is 16.5. The van der Waals surface area contributed by atoms with Crippen molar-refractivity contribution in [1.82, 2.24) is 15.5 Å². The van der Waals surface area contributed by atoms with Crippen LogP contribution in [0.5, 0.6) is 5.75 Å². The number of amides is 3. The van der Waals surface area contributed by atoms with Gasteiger partial charge in [0.15, 0.2) is 0 Å². The predicted octanol–water partition coefficient (Wildman–Crippen LogP) is -0.266. The second-order valence-electron chi connectivity index (χ2n) is 9.10. The number of carbonyl (C=O) groups is 4. The summed E-state index contributed by atoms with van der Waals surface area (Å²) in [6.45, 7) is 5.20. The summed E-state index contributed by atoms with van der Waals surface area (Å²) in [6.07, 6.45) is 0.393. The number of carbonyl (C=O) groups excluding carboxylic acids is 3. The summed E-state index contributed by atoms with van der Waals surface area (Å²) in [4.78, 5) is 52.0. The third kappa shape index (κ3) is 7.40. The molecule has 0 aromatic heterocycles. The van der Waals surface area contributed by atoms with Gasteiger partial charge in [0.05, 0.1) is 6.10 Å². The molecular weight excluding hydrogens is 456 g/mol. The van der Waals surface area contributed by atoms with E-state index in [2.05, 4.69) is 10.6 Å². The molecule has 6 unspecified atom stereocenters. The fraction of sp³-hybridized carbons (Fsp3) is 0.583. The molecule has 7 N–H and O–H groups in total. The molecular formula is C24H36N4O7. The topological polar surface area (TPSA) is 182 Å². The summed E-state index contributed by atoms with van der Waals surface area (Å²) in [7, 11) is 0. The number of aliphatic carboxylic acids is 1. The maximum atomic E-state index is 13.2.